The average molecular weight is 328 g/mol. The van der Waals surface area contributed by atoms with Gasteiger partial charge in [-0.2, -0.15) is 4.98 Å². The molecule has 2 unspecified atom stereocenters. The van der Waals surface area contributed by atoms with Crippen molar-refractivity contribution in [1.29, 1.82) is 0 Å². The minimum absolute atomic E-state index is 0.0527. The molecule has 21 heavy (non-hydrogen) atoms. The van der Waals surface area contributed by atoms with Crippen LogP contribution >= 0.6 is 23.2 Å². The molecule has 112 valence electrons. The Kier molecular flexibility index (Phi) is 4.45. The van der Waals surface area contributed by atoms with Crippen LogP contribution in [0.25, 0.3) is 0 Å². The summed E-state index contributed by atoms with van der Waals surface area (Å²) in [5.74, 6) is 1.20. The van der Waals surface area contributed by atoms with E-state index in [-0.39, 0.29) is 12.1 Å². The topological polar surface area (TPSA) is 60.2 Å². The summed E-state index contributed by atoms with van der Waals surface area (Å²) >= 11 is 12.0. The molecule has 1 aliphatic heterocycles. The minimum atomic E-state index is 0.0527. The van der Waals surface area contributed by atoms with Crippen LogP contribution in [0.4, 0.5) is 0 Å². The molecule has 0 bridgehead atoms. The van der Waals surface area contributed by atoms with E-state index in [0.717, 1.165) is 18.5 Å². The van der Waals surface area contributed by atoms with Crippen molar-refractivity contribution in [3.05, 3.63) is 45.5 Å². The van der Waals surface area contributed by atoms with Gasteiger partial charge in [0.05, 0.1) is 12.1 Å². The van der Waals surface area contributed by atoms with Crippen LogP contribution < -0.4 is 5.32 Å². The van der Waals surface area contributed by atoms with Crippen molar-refractivity contribution in [2.45, 2.75) is 25.0 Å². The molecule has 7 heteroatoms. The molecule has 0 saturated carbocycles. The van der Waals surface area contributed by atoms with Crippen molar-refractivity contribution in [2.24, 2.45) is 0 Å². The highest BCUT2D eigenvalue weighted by Crippen LogP contribution is 2.25. The first-order valence-electron chi connectivity index (χ1n) is 6.68. The molecule has 2 heterocycles. The number of aromatic nitrogens is 2. The Hall–Kier alpha value is -1.14. The second-order valence-electron chi connectivity index (χ2n) is 5.02. The van der Waals surface area contributed by atoms with Gasteiger partial charge in [-0.1, -0.05) is 34.4 Å². The molecule has 1 aliphatic rings. The fourth-order valence-corrected chi connectivity index (χ4v) is 2.86. The summed E-state index contributed by atoms with van der Waals surface area (Å²) in [5, 5.41) is 8.53. The minimum Gasteiger partial charge on any atom is -0.380 e. The smallest absolute Gasteiger partial charge is 0.243 e. The Morgan fingerprint density at radius 1 is 1.43 bits per heavy atom. The number of nitrogens with zero attached hydrogens (tertiary/aromatic N) is 2. The van der Waals surface area contributed by atoms with Gasteiger partial charge in [-0.25, -0.2) is 0 Å². The van der Waals surface area contributed by atoms with Crippen molar-refractivity contribution in [3.63, 3.8) is 0 Å². The Morgan fingerprint density at radius 3 is 3.00 bits per heavy atom. The summed E-state index contributed by atoms with van der Waals surface area (Å²) in [5.41, 5.74) is 0.919. The number of hydrogen-bond acceptors (Lipinski definition) is 5. The van der Waals surface area contributed by atoms with Crippen LogP contribution in [-0.4, -0.2) is 29.9 Å². The normalized spacial score (nSPS) is 21.9. The summed E-state index contributed by atoms with van der Waals surface area (Å²) in [6.45, 7) is 0.794. The molecule has 1 aromatic carbocycles. The van der Waals surface area contributed by atoms with E-state index < -0.39 is 0 Å². The number of methoxy groups -OCH3 is 1. The van der Waals surface area contributed by atoms with Crippen molar-refractivity contribution in [2.75, 3.05) is 13.7 Å². The number of benzene rings is 1. The highest BCUT2D eigenvalue weighted by atomic mass is 35.5. The molecule has 1 aromatic heterocycles. The first kappa shape index (κ1) is 14.8. The molecule has 2 aromatic rings. The summed E-state index contributed by atoms with van der Waals surface area (Å²) < 4.78 is 10.6. The van der Waals surface area contributed by atoms with Gasteiger partial charge in [-0.05, 0) is 24.1 Å². The van der Waals surface area contributed by atoms with Gasteiger partial charge >= 0.3 is 0 Å². The van der Waals surface area contributed by atoms with Gasteiger partial charge in [0, 0.05) is 30.1 Å². The zero-order valence-electron chi connectivity index (χ0n) is 11.5. The van der Waals surface area contributed by atoms with Crippen LogP contribution in [0.2, 0.25) is 10.0 Å². The summed E-state index contributed by atoms with van der Waals surface area (Å²) in [4.78, 5) is 4.43. The Morgan fingerprint density at radius 2 is 2.29 bits per heavy atom. The number of rotatable bonds is 4. The number of ether oxygens (including phenoxy) is 1. The maximum atomic E-state index is 6.15. The van der Waals surface area contributed by atoms with Gasteiger partial charge in [0.1, 0.15) is 0 Å². The quantitative estimate of drug-likeness (QED) is 0.935. The largest absolute Gasteiger partial charge is 0.380 e. The third-order valence-corrected chi connectivity index (χ3v) is 4.16. The molecule has 3 rings (SSSR count). The fraction of sp³-hybridized carbons (Fsp3) is 0.429. The van der Waals surface area contributed by atoms with E-state index in [1.807, 2.05) is 6.07 Å². The molecule has 0 aliphatic carbocycles. The van der Waals surface area contributed by atoms with Gasteiger partial charge in [0.2, 0.25) is 5.89 Å². The van der Waals surface area contributed by atoms with E-state index in [2.05, 4.69) is 15.5 Å². The lowest BCUT2D eigenvalue weighted by molar-refractivity contribution is 0.116. The number of halogens is 2. The van der Waals surface area contributed by atoms with Gasteiger partial charge in [0.15, 0.2) is 5.82 Å². The lowest BCUT2D eigenvalue weighted by Gasteiger charge is -2.04. The molecule has 5 nitrogen and oxygen atoms in total. The van der Waals surface area contributed by atoms with Crippen LogP contribution in [0.1, 0.15) is 29.7 Å². The number of nitrogens with one attached hydrogen (secondary N) is 1. The van der Waals surface area contributed by atoms with E-state index in [1.54, 1.807) is 19.2 Å². The van der Waals surface area contributed by atoms with Crippen LogP contribution in [0.3, 0.4) is 0 Å². The van der Waals surface area contributed by atoms with Gasteiger partial charge in [-0.15, -0.1) is 0 Å². The van der Waals surface area contributed by atoms with E-state index in [9.17, 15) is 0 Å². The Balaban J connectivity index is 1.70. The van der Waals surface area contributed by atoms with Gasteiger partial charge in [0.25, 0.3) is 0 Å². The molecule has 1 saturated heterocycles. The standard InChI is InChI=1S/C14H15Cl2N3O2/c1-20-10-6-12(17-7-10)14-18-13(19-21-14)4-8-2-3-9(15)5-11(8)16/h2-3,5,10,12,17H,4,6-7H2,1H3. The number of hydrogen-bond donors (Lipinski definition) is 1. The molecule has 2 atom stereocenters. The summed E-state index contributed by atoms with van der Waals surface area (Å²) in [6, 6.07) is 5.43. The first-order chi connectivity index (χ1) is 10.2. The van der Waals surface area contributed by atoms with Crippen LogP contribution in [-0.2, 0) is 11.2 Å². The monoisotopic (exact) mass is 327 g/mol. The predicted molar refractivity (Wildman–Crippen MR) is 79.7 cm³/mol. The van der Waals surface area contributed by atoms with Crippen LogP contribution in [0.5, 0.6) is 0 Å². The maximum Gasteiger partial charge on any atom is 0.243 e. The summed E-state index contributed by atoms with van der Waals surface area (Å²) in [6.07, 6.45) is 1.54. The van der Waals surface area contributed by atoms with E-state index in [1.165, 1.54) is 0 Å². The zero-order valence-corrected chi connectivity index (χ0v) is 13.0. The zero-order chi connectivity index (χ0) is 14.8. The molecule has 0 spiro atoms. The average Bonchev–Trinajstić information content (AvgIpc) is 3.10. The predicted octanol–water partition coefficient (Wildman–Crippen LogP) is 3.02. The second kappa shape index (κ2) is 6.32. The van der Waals surface area contributed by atoms with Crippen molar-refractivity contribution < 1.29 is 9.26 Å². The van der Waals surface area contributed by atoms with Crippen molar-refractivity contribution >= 4 is 23.2 Å². The first-order valence-corrected chi connectivity index (χ1v) is 7.44. The lowest BCUT2D eigenvalue weighted by atomic mass is 10.1. The fourth-order valence-electron chi connectivity index (χ4n) is 2.39. The molecular weight excluding hydrogens is 313 g/mol. The summed E-state index contributed by atoms with van der Waals surface area (Å²) in [7, 11) is 1.70. The highest BCUT2D eigenvalue weighted by Gasteiger charge is 2.29. The third kappa shape index (κ3) is 3.37. The highest BCUT2D eigenvalue weighted by molar-refractivity contribution is 6.35. The molecule has 0 amide bonds. The molecule has 1 fully saturated rings. The van der Waals surface area contributed by atoms with E-state index in [4.69, 9.17) is 32.5 Å². The Bertz CT molecular complexity index is 632. The Labute approximate surface area is 132 Å². The van der Waals surface area contributed by atoms with Crippen molar-refractivity contribution in [3.8, 4) is 0 Å². The lowest BCUT2D eigenvalue weighted by Crippen LogP contribution is -2.16. The molecular formula is C14H15Cl2N3O2. The molecule has 1 N–H and O–H groups in total. The van der Waals surface area contributed by atoms with Crippen molar-refractivity contribution in [1.82, 2.24) is 15.5 Å². The van der Waals surface area contributed by atoms with Gasteiger partial charge in [-0.3, -0.25) is 0 Å². The van der Waals surface area contributed by atoms with Crippen LogP contribution in [0, 0.1) is 0 Å². The van der Waals surface area contributed by atoms with E-state index in [0.29, 0.717) is 28.2 Å². The third-order valence-electron chi connectivity index (χ3n) is 3.57. The SMILES string of the molecule is COC1CNC(c2nc(Cc3ccc(Cl)cc3Cl)no2)C1. The van der Waals surface area contributed by atoms with Gasteiger partial charge < -0.3 is 14.6 Å². The molecule has 0 radical (unpaired) electrons. The maximum absolute atomic E-state index is 6.15. The second-order valence-corrected chi connectivity index (χ2v) is 5.86. The van der Waals surface area contributed by atoms with Crippen LogP contribution in [0.15, 0.2) is 22.7 Å². The van der Waals surface area contributed by atoms with E-state index >= 15 is 0 Å².